The summed E-state index contributed by atoms with van der Waals surface area (Å²) in [6.07, 6.45) is 8.62. The minimum absolute atomic E-state index is 0. The quantitative estimate of drug-likeness (QED) is 0.342. The van der Waals surface area contributed by atoms with Crippen molar-refractivity contribution in [1.29, 1.82) is 0 Å². The summed E-state index contributed by atoms with van der Waals surface area (Å²) in [7, 11) is 0. The molecule has 0 aliphatic rings. The number of rotatable bonds is 14. The van der Waals surface area contributed by atoms with Crippen molar-refractivity contribution < 1.29 is 46.0 Å². The maximum atomic E-state index is 9.53. The van der Waals surface area contributed by atoms with Gasteiger partial charge in [-0.05, 0) is 19.3 Å². The van der Waals surface area contributed by atoms with Gasteiger partial charge in [0.2, 0.25) is 0 Å². The van der Waals surface area contributed by atoms with E-state index in [1.54, 1.807) is 0 Å². The second kappa shape index (κ2) is 27.2. The van der Waals surface area contributed by atoms with Gasteiger partial charge in [-0.2, -0.15) is 0 Å². The third kappa shape index (κ3) is 26.3. The average molecular weight is 342 g/mol. The summed E-state index contributed by atoms with van der Waals surface area (Å²) < 4.78 is 17.0. The van der Waals surface area contributed by atoms with Gasteiger partial charge >= 0.3 is 44.7 Å². The van der Waals surface area contributed by atoms with Gasteiger partial charge in [0.05, 0.1) is 0 Å². The van der Waals surface area contributed by atoms with Crippen LogP contribution in [0.1, 0.15) is 79.1 Å². The molecule has 0 rings (SSSR count). The maximum absolute atomic E-state index is 9.53. The minimum atomic E-state index is -1.83. The second-order valence-electron chi connectivity index (χ2n) is 5.02. The van der Waals surface area contributed by atoms with E-state index >= 15 is 0 Å². The molecule has 0 aliphatic carbocycles. The Morgan fingerprint density at radius 2 is 0.955 bits per heavy atom. The Kier molecular flexibility index (Phi) is 34.9. The molecule has 128 valence electrons. The Labute approximate surface area is 166 Å². The standard InChI is InChI=1S/4C4H9O.Al.Na/c4*1-2-3-4-5;;/h4*2-4H2,1H3;;/q4*-1;+3;+1. The predicted octanol–water partition coefficient (Wildman–Crippen LogP) is 0.572. The molecule has 0 spiro atoms. The van der Waals surface area contributed by atoms with Gasteiger partial charge in [-0.25, -0.2) is 0 Å². The van der Waals surface area contributed by atoms with E-state index in [2.05, 4.69) is 20.8 Å². The molecule has 0 aromatic carbocycles. The molecule has 0 saturated carbocycles. The smallest absolute Gasteiger partial charge is 0.854 e. The van der Waals surface area contributed by atoms with Crippen molar-refractivity contribution in [2.75, 3.05) is 26.4 Å². The van der Waals surface area contributed by atoms with Crippen molar-refractivity contribution >= 4 is 15.1 Å². The van der Waals surface area contributed by atoms with Crippen molar-refractivity contribution in [3.05, 3.63) is 0 Å². The third-order valence-electron chi connectivity index (χ3n) is 2.75. The van der Waals surface area contributed by atoms with Gasteiger partial charge in [0.1, 0.15) is 0 Å². The molecular weight excluding hydrogens is 306 g/mol. The van der Waals surface area contributed by atoms with Gasteiger partial charge < -0.3 is 16.5 Å². The summed E-state index contributed by atoms with van der Waals surface area (Å²) in [5, 5.41) is 9.53. The molecule has 0 unspecified atom stereocenters. The van der Waals surface area contributed by atoms with Crippen LogP contribution >= 0.6 is 0 Å². The molecule has 0 radical (unpaired) electrons. The van der Waals surface area contributed by atoms with E-state index in [1.165, 1.54) is 0 Å². The van der Waals surface area contributed by atoms with Crippen LogP contribution in [0.25, 0.3) is 0 Å². The molecule has 0 N–H and O–H groups in total. The van der Waals surface area contributed by atoms with E-state index in [0.717, 1.165) is 71.2 Å². The van der Waals surface area contributed by atoms with Crippen LogP contribution in [0, 0.1) is 0 Å². The molecule has 0 aromatic heterocycles. The summed E-state index contributed by atoms with van der Waals surface area (Å²) >= 11 is -1.83. The Hall–Kier alpha value is 1.37. The van der Waals surface area contributed by atoms with Crippen LogP contribution < -0.4 is 34.7 Å². The molecular formula is C16H36AlNaO4. The normalized spacial score (nSPS) is 9.68. The topological polar surface area (TPSA) is 50.8 Å². The zero-order chi connectivity index (χ0) is 16.2. The van der Waals surface area contributed by atoms with Crippen LogP contribution in [-0.4, -0.2) is 41.6 Å². The summed E-state index contributed by atoms with van der Waals surface area (Å²) in [6, 6.07) is 0. The Morgan fingerprint density at radius 3 is 1.14 bits per heavy atom. The average Bonchev–Trinajstić information content (AvgIpc) is 2.49. The van der Waals surface area contributed by atoms with Gasteiger partial charge in [-0.1, -0.05) is 59.8 Å². The number of hydrogen-bond donors (Lipinski definition) is 0. The molecule has 0 saturated heterocycles. The second-order valence-corrected chi connectivity index (χ2v) is 6.60. The molecule has 0 heterocycles. The molecule has 6 heteroatoms. The fourth-order valence-electron chi connectivity index (χ4n) is 1.26. The zero-order valence-corrected chi connectivity index (χ0v) is 18.9. The monoisotopic (exact) mass is 342 g/mol. The fraction of sp³-hybridized carbons (Fsp3) is 1.00. The van der Waals surface area contributed by atoms with Crippen molar-refractivity contribution in [3.63, 3.8) is 0 Å². The summed E-state index contributed by atoms with van der Waals surface area (Å²) in [5.41, 5.74) is 0. The largest absolute Gasteiger partial charge is 1.00 e. The van der Waals surface area contributed by atoms with E-state index in [9.17, 15) is 5.11 Å². The van der Waals surface area contributed by atoms with E-state index < -0.39 is 15.1 Å². The van der Waals surface area contributed by atoms with Crippen molar-refractivity contribution in [3.8, 4) is 0 Å². The first kappa shape index (κ1) is 28.2. The molecule has 4 nitrogen and oxygen atoms in total. The van der Waals surface area contributed by atoms with Crippen molar-refractivity contribution in [1.82, 2.24) is 0 Å². The summed E-state index contributed by atoms with van der Waals surface area (Å²) in [6.45, 7) is 10.9. The van der Waals surface area contributed by atoms with Gasteiger partial charge in [0.15, 0.2) is 0 Å². The van der Waals surface area contributed by atoms with Crippen molar-refractivity contribution in [2.24, 2.45) is 0 Å². The summed E-state index contributed by atoms with van der Waals surface area (Å²) in [5.74, 6) is 0. The van der Waals surface area contributed by atoms with Crippen LogP contribution in [0.3, 0.4) is 0 Å². The van der Waals surface area contributed by atoms with Crippen LogP contribution in [0.2, 0.25) is 0 Å². The minimum Gasteiger partial charge on any atom is -0.854 e. The third-order valence-corrected chi connectivity index (χ3v) is 4.28. The van der Waals surface area contributed by atoms with Crippen LogP contribution in [-0.2, 0) is 11.4 Å². The molecule has 0 amide bonds. The summed E-state index contributed by atoms with van der Waals surface area (Å²) in [4.78, 5) is 0. The number of hydrogen-bond acceptors (Lipinski definition) is 4. The maximum Gasteiger partial charge on any atom is 1.00 e. The Bertz CT molecular complexity index is 150. The van der Waals surface area contributed by atoms with E-state index in [-0.39, 0.29) is 36.2 Å². The zero-order valence-electron chi connectivity index (χ0n) is 15.7. The van der Waals surface area contributed by atoms with Gasteiger partial charge in [-0.3, -0.25) is 0 Å². The van der Waals surface area contributed by atoms with Crippen LogP contribution in [0.15, 0.2) is 0 Å². The predicted molar refractivity (Wildman–Crippen MR) is 88.1 cm³/mol. The van der Waals surface area contributed by atoms with Gasteiger partial charge in [0.25, 0.3) is 0 Å². The molecule has 0 aliphatic heterocycles. The number of unbranched alkanes of at least 4 members (excludes halogenated alkanes) is 4. The first-order valence-electron chi connectivity index (χ1n) is 8.69. The SMILES string of the molecule is CCCC[O-].CCCC[O][Al]([O]CCCC)[O]CCCC.[Na+]. The Balaban J connectivity index is -0.000000520. The van der Waals surface area contributed by atoms with E-state index in [1.807, 2.05) is 6.92 Å². The molecule has 22 heavy (non-hydrogen) atoms. The first-order valence-corrected chi connectivity index (χ1v) is 10.1. The molecule has 0 bridgehead atoms. The van der Waals surface area contributed by atoms with Gasteiger partial charge in [0, 0.05) is 19.8 Å². The Morgan fingerprint density at radius 1 is 0.636 bits per heavy atom. The van der Waals surface area contributed by atoms with Crippen LogP contribution in [0.5, 0.6) is 0 Å². The molecule has 0 fully saturated rings. The van der Waals surface area contributed by atoms with Gasteiger partial charge in [-0.15, -0.1) is 6.61 Å². The molecule has 0 atom stereocenters. The molecule has 0 aromatic rings. The first-order chi connectivity index (χ1) is 10.3. The van der Waals surface area contributed by atoms with Crippen molar-refractivity contribution in [2.45, 2.75) is 79.1 Å². The van der Waals surface area contributed by atoms with E-state index in [0.29, 0.717) is 0 Å². The van der Waals surface area contributed by atoms with E-state index in [4.69, 9.17) is 11.4 Å². The fourth-order valence-corrected chi connectivity index (χ4v) is 2.63. The van der Waals surface area contributed by atoms with Crippen LogP contribution in [0.4, 0.5) is 0 Å².